The maximum Gasteiger partial charge on any atom is 0.462 e. The first-order valence-electron chi connectivity index (χ1n) is 7.59. The number of hydrogen-bond acceptors (Lipinski definition) is 6. The molecule has 1 fully saturated rings. The second-order valence-corrected chi connectivity index (χ2v) is 5.89. The van der Waals surface area contributed by atoms with Crippen molar-refractivity contribution >= 4 is 39.8 Å². The predicted molar refractivity (Wildman–Crippen MR) is 93.8 cm³/mol. The van der Waals surface area contributed by atoms with Gasteiger partial charge in [0, 0.05) is 18.8 Å². The Bertz CT molecular complexity index is 718. The molecule has 0 saturated carbocycles. The summed E-state index contributed by atoms with van der Waals surface area (Å²) in [6.45, 7) is 1.52. The molecule has 0 unspecified atom stereocenters. The van der Waals surface area contributed by atoms with E-state index in [1.807, 2.05) is 12.1 Å². The van der Waals surface area contributed by atoms with E-state index in [1.165, 1.54) is 5.06 Å². The minimum Gasteiger partial charge on any atom is -0.490 e. The number of amides is 2. The largest absolute Gasteiger partial charge is 0.490 e. The van der Waals surface area contributed by atoms with Gasteiger partial charge in [-0.05, 0) is 34.1 Å². The maximum absolute atomic E-state index is 12.2. The Labute approximate surface area is 156 Å². The molecule has 26 heavy (non-hydrogen) atoms. The third-order valence-electron chi connectivity index (χ3n) is 3.35. The number of carboxylic acid groups (broad SMARTS) is 1. The lowest BCUT2D eigenvalue weighted by molar-refractivity contribution is -0.0983. The van der Waals surface area contributed by atoms with Crippen molar-refractivity contribution in [3.63, 3.8) is 0 Å². The number of benzene rings is 1. The molecule has 11 heteroatoms. The molecule has 1 N–H and O–H groups in total. The van der Waals surface area contributed by atoms with Crippen molar-refractivity contribution in [2.45, 2.75) is 0 Å². The summed E-state index contributed by atoms with van der Waals surface area (Å²) >= 11 is 3.40. The summed E-state index contributed by atoms with van der Waals surface area (Å²) in [7, 11) is 0. The molecule has 0 radical (unpaired) electrons. The van der Waals surface area contributed by atoms with Gasteiger partial charge in [-0.15, -0.1) is 15.0 Å². The number of nitrogens with zero attached hydrogens (tertiary/aromatic N) is 4. The van der Waals surface area contributed by atoms with E-state index in [9.17, 15) is 14.0 Å². The van der Waals surface area contributed by atoms with Crippen LogP contribution in [-0.4, -0.2) is 67.8 Å². The number of anilines is 1. The van der Waals surface area contributed by atoms with E-state index in [-0.39, 0.29) is 6.61 Å². The molecule has 1 saturated heterocycles. The van der Waals surface area contributed by atoms with Crippen LogP contribution in [0.15, 0.2) is 32.7 Å². The molecule has 0 atom stereocenters. The van der Waals surface area contributed by atoms with E-state index in [0.29, 0.717) is 31.9 Å². The highest BCUT2D eigenvalue weighted by molar-refractivity contribution is 9.10. The van der Waals surface area contributed by atoms with Gasteiger partial charge in [0.15, 0.2) is 0 Å². The number of halogens is 2. The molecule has 0 aliphatic carbocycles. The lowest BCUT2D eigenvalue weighted by atomic mass is 10.2. The Hall–Kier alpha value is -2.49. The van der Waals surface area contributed by atoms with Crippen LogP contribution >= 0.6 is 15.9 Å². The smallest absolute Gasteiger partial charge is 0.462 e. The fourth-order valence-electron chi connectivity index (χ4n) is 2.23. The first kappa shape index (κ1) is 19.8. The van der Waals surface area contributed by atoms with Gasteiger partial charge in [-0.3, -0.25) is 0 Å². The van der Waals surface area contributed by atoms with Crippen LogP contribution in [0.5, 0.6) is 5.75 Å². The topological polar surface area (TPSA) is 104 Å². The zero-order chi connectivity index (χ0) is 18.9. The first-order chi connectivity index (χ1) is 12.5. The second-order valence-electron chi connectivity index (χ2n) is 5.03. The molecule has 0 bridgehead atoms. The van der Waals surface area contributed by atoms with E-state index in [2.05, 4.69) is 30.8 Å². The summed E-state index contributed by atoms with van der Waals surface area (Å²) in [6.07, 6.45) is -2.48. The quantitative estimate of drug-likeness (QED) is 0.715. The van der Waals surface area contributed by atoms with Crippen LogP contribution in [0.3, 0.4) is 0 Å². The minimum atomic E-state index is -1.50. The standard InChI is InChI=1S/C15H16BrFN4O5/c16-12-9-11(1-2-13(12)25-8-3-17)20-4-6-21(7-5-20)26-15(24)19-10-18-14(22)23/h1-2,9H,3-8H2,(H,22,23). The second kappa shape index (κ2) is 9.85. The van der Waals surface area contributed by atoms with Crippen molar-refractivity contribution in [3.05, 3.63) is 22.7 Å². The monoisotopic (exact) mass is 430 g/mol. The number of hydroxylamine groups is 2. The van der Waals surface area contributed by atoms with Crippen molar-refractivity contribution in [2.75, 3.05) is 44.4 Å². The van der Waals surface area contributed by atoms with E-state index >= 15 is 0 Å². The van der Waals surface area contributed by atoms with Crippen molar-refractivity contribution in [1.82, 2.24) is 5.06 Å². The Morgan fingerprint density at radius 2 is 2.00 bits per heavy atom. The zero-order valence-electron chi connectivity index (χ0n) is 13.6. The molecule has 2 rings (SSSR count). The minimum absolute atomic E-state index is 0.00163. The molecule has 9 nitrogen and oxygen atoms in total. The van der Waals surface area contributed by atoms with Crippen LogP contribution < -0.4 is 9.64 Å². The molecule has 0 spiro atoms. The summed E-state index contributed by atoms with van der Waals surface area (Å²) in [6, 6.07) is 7.24. The summed E-state index contributed by atoms with van der Waals surface area (Å²) in [4.78, 5) is 34.5. The van der Waals surface area contributed by atoms with Gasteiger partial charge in [-0.2, -0.15) is 0 Å². The third-order valence-corrected chi connectivity index (χ3v) is 3.97. The van der Waals surface area contributed by atoms with Crippen molar-refractivity contribution in [2.24, 2.45) is 9.98 Å². The molecule has 1 aromatic carbocycles. The number of hydrogen-bond donors (Lipinski definition) is 1. The van der Waals surface area contributed by atoms with E-state index < -0.39 is 18.9 Å². The van der Waals surface area contributed by atoms with E-state index in [1.54, 1.807) is 12.1 Å². The molecule has 2 amide bonds. The Morgan fingerprint density at radius 1 is 1.27 bits per heavy atom. The lowest BCUT2D eigenvalue weighted by Crippen LogP contribution is -2.46. The van der Waals surface area contributed by atoms with Gasteiger partial charge in [-0.1, -0.05) is 0 Å². The number of carbonyl (C=O) groups is 2. The molecule has 0 aromatic heterocycles. The summed E-state index contributed by atoms with van der Waals surface area (Å²) in [5.41, 5.74) is 0.946. The van der Waals surface area contributed by atoms with Crippen LogP contribution in [0, 0.1) is 0 Å². The van der Waals surface area contributed by atoms with Gasteiger partial charge < -0.3 is 19.6 Å². The number of ether oxygens (including phenoxy) is 1. The summed E-state index contributed by atoms with van der Waals surface area (Å²) < 4.78 is 18.2. The average molecular weight is 431 g/mol. The van der Waals surface area contributed by atoms with Crippen molar-refractivity contribution in [1.29, 1.82) is 0 Å². The molecular formula is C15H16BrFN4O5. The molecular weight excluding hydrogens is 415 g/mol. The molecule has 140 valence electrons. The Kier molecular flexibility index (Phi) is 7.52. The first-order valence-corrected chi connectivity index (χ1v) is 8.38. The highest BCUT2D eigenvalue weighted by atomic mass is 79.9. The average Bonchev–Trinajstić information content (AvgIpc) is 2.61. The highest BCUT2D eigenvalue weighted by Gasteiger charge is 2.20. The highest BCUT2D eigenvalue weighted by Crippen LogP contribution is 2.30. The fraction of sp³-hybridized carbons (Fsp3) is 0.400. The summed E-state index contributed by atoms with van der Waals surface area (Å²) in [5.74, 6) is 0.569. The van der Waals surface area contributed by atoms with Gasteiger partial charge in [0.1, 0.15) is 25.0 Å². The van der Waals surface area contributed by atoms with Crippen LogP contribution in [0.4, 0.5) is 19.7 Å². The van der Waals surface area contributed by atoms with Gasteiger partial charge in [-0.25, -0.2) is 14.0 Å². The van der Waals surface area contributed by atoms with Crippen molar-refractivity contribution in [3.8, 4) is 5.75 Å². The maximum atomic E-state index is 12.2. The van der Waals surface area contributed by atoms with Crippen LogP contribution in [0.25, 0.3) is 0 Å². The molecule has 1 aliphatic rings. The molecule has 1 aromatic rings. The molecule has 1 aliphatic heterocycles. The van der Waals surface area contributed by atoms with Gasteiger partial charge in [0.2, 0.25) is 0 Å². The van der Waals surface area contributed by atoms with Crippen LogP contribution in [0.1, 0.15) is 0 Å². The van der Waals surface area contributed by atoms with Gasteiger partial charge in [0.25, 0.3) is 0 Å². The SMILES string of the molecule is O=C(O)N=C=NC(=O)ON1CCN(c2ccc(OCCF)c(Br)c2)CC1. The van der Waals surface area contributed by atoms with Crippen molar-refractivity contribution < 1.29 is 28.7 Å². The zero-order valence-corrected chi connectivity index (χ0v) is 15.2. The number of carbonyl (C=O) groups excluding carboxylic acids is 1. The normalized spacial score (nSPS) is 14.3. The van der Waals surface area contributed by atoms with Crippen LogP contribution in [0.2, 0.25) is 0 Å². The number of piperazine rings is 1. The van der Waals surface area contributed by atoms with E-state index in [4.69, 9.17) is 14.7 Å². The number of aliphatic imine (C=N–C) groups is 2. The molecule has 1 heterocycles. The Balaban J connectivity index is 1.86. The Morgan fingerprint density at radius 3 is 2.62 bits per heavy atom. The fourth-order valence-corrected chi connectivity index (χ4v) is 2.71. The van der Waals surface area contributed by atoms with Crippen LogP contribution in [-0.2, 0) is 4.84 Å². The predicted octanol–water partition coefficient (Wildman–Crippen LogP) is 2.82. The van der Waals surface area contributed by atoms with Gasteiger partial charge >= 0.3 is 12.2 Å². The van der Waals surface area contributed by atoms with Gasteiger partial charge in [0.05, 0.1) is 17.6 Å². The number of rotatable bonds is 5. The third kappa shape index (κ3) is 6.10. The summed E-state index contributed by atoms with van der Waals surface area (Å²) in [5, 5.41) is 9.71. The number of alkyl halides is 1. The van der Waals surface area contributed by atoms with E-state index in [0.717, 1.165) is 10.2 Å². The lowest BCUT2D eigenvalue weighted by Gasteiger charge is -2.34.